The van der Waals surface area contributed by atoms with Crippen molar-refractivity contribution in [2.75, 3.05) is 13.2 Å². The van der Waals surface area contributed by atoms with E-state index >= 15 is 0 Å². The van der Waals surface area contributed by atoms with E-state index in [0.29, 0.717) is 18.9 Å². The number of hydrogen-bond acceptors (Lipinski definition) is 6. The highest BCUT2D eigenvalue weighted by molar-refractivity contribution is 6.76. The van der Waals surface area contributed by atoms with Crippen molar-refractivity contribution in [3.8, 4) is 22.6 Å². The Balaban J connectivity index is 1.88. The molecule has 3 heterocycles. The van der Waals surface area contributed by atoms with Gasteiger partial charge in [-0.3, -0.25) is 9.97 Å². The molecule has 0 aromatic carbocycles. The Morgan fingerprint density at radius 1 is 1.12 bits per heavy atom. The van der Waals surface area contributed by atoms with Crippen LogP contribution < -0.4 is 0 Å². The summed E-state index contributed by atoms with van der Waals surface area (Å²) >= 11 is 0. The quantitative estimate of drug-likeness (QED) is 0.255. The molecule has 170 valence electrons. The fourth-order valence-corrected chi connectivity index (χ4v) is 3.95. The number of hydrogen-bond donors (Lipinski definition) is 0. The van der Waals surface area contributed by atoms with Crippen LogP contribution in [0.15, 0.2) is 36.8 Å². The number of carbonyl (C=O) groups excluding carboxylic acids is 1. The van der Waals surface area contributed by atoms with E-state index < -0.39 is 8.07 Å². The summed E-state index contributed by atoms with van der Waals surface area (Å²) in [5, 5.41) is 0. The number of ether oxygens (including phenoxy) is 2. The minimum atomic E-state index is -1.15. The maximum atomic E-state index is 12.1. The zero-order chi connectivity index (χ0) is 23.3. The lowest BCUT2D eigenvalue weighted by atomic mass is 10.1. The van der Waals surface area contributed by atoms with Crippen molar-refractivity contribution in [1.82, 2.24) is 19.5 Å². The average molecular weight is 453 g/mol. The van der Waals surface area contributed by atoms with Gasteiger partial charge in [0.05, 0.1) is 17.9 Å². The van der Waals surface area contributed by atoms with Crippen LogP contribution in [-0.4, -0.2) is 46.8 Å². The first-order chi connectivity index (χ1) is 15.2. The third-order valence-electron chi connectivity index (χ3n) is 5.25. The van der Waals surface area contributed by atoms with Gasteiger partial charge >= 0.3 is 5.97 Å². The predicted molar refractivity (Wildman–Crippen MR) is 128 cm³/mol. The van der Waals surface area contributed by atoms with Gasteiger partial charge < -0.3 is 14.0 Å². The Hall–Kier alpha value is -2.84. The Morgan fingerprint density at radius 2 is 1.91 bits per heavy atom. The van der Waals surface area contributed by atoms with Gasteiger partial charge in [-0.15, -0.1) is 0 Å². The van der Waals surface area contributed by atoms with E-state index in [4.69, 9.17) is 14.5 Å². The molecule has 0 aliphatic heterocycles. The Morgan fingerprint density at radius 3 is 2.62 bits per heavy atom. The van der Waals surface area contributed by atoms with Gasteiger partial charge in [0.15, 0.2) is 5.82 Å². The first kappa shape index (κ1) is 23.8. The molecule has 0 N–H and O–H groups in total. The van der Waals surface area contributed by atoms with Crippen molar-refractivity contribution in [3.63, 3.8) is 0 Å². The van der Waals surface area contributed by atoms with Crippen LogP contribution in [0.3, 0.4) is 0 Å². The van der Waals surface area contributed by atoms with Gasteiger partial charge in [-0.25, -0.2) is 9.78 Å². The number of imidazole rings is 1. The smallest absolute Gasteiger partial charge is 0.339 e. The molecular formula is C24H32N4O3Si. The highest BCUT2D eigenvalue weighted by Crippen LogP contribution is 2.26. The Labute approximate surface area is 190 Å². The normalized spacial score (nSPS) is 11.6. The second-order valence-electron chi connectivity index (χ2n) is 8.99. The molecule has 32 heavy (non-hydrogen) atoms. The van der Waals surface area contributed by atoms with E-state index in [9.17, 15) is 4.79 Å². The number of carbonyl (C=O) groups is 1. The van der Waals surface area contributed by atoms with Crippen molar-refractivity contribution >= 4 is 14.0 Å². The number of rotatable bonds is 9. The second kappa shape index (κ2) is 10.2. The van der Waals surface area contributed by atoms with Crippen LogP contribution in [0.2, 0.25) is 25.7 Å². The highest BCUT2D eigenvalue weighted by Gasteiger charge is 2.17. The molecule has 0 saturated carbocycles. The van der Waals surface area contributed by atoms with Crippen LogP contribution >= 0.6 is 0 Å². The lowest BCUT2D eigenvalue weighted by Crippen LogP contribution is -2.22. The number of aryl methyl sites for hydroxylation is 1. The van der Waals surface area contributed by atoms with E-state index in [0.717, 1.165) is 46.7 Å². The SMILES string of the molecule is CCOC(=O)c1cncc(-c2ccnc(-c3nc(C)c(C)n3COCC[Si](C)(C)C)c2)c1. The minimum Gasteiger partial charge on any atom is -0.462 e. The van der Waals surface area contributed by atoms with E-state index in [1.54, 1.807) is 25.4 Å². The number of nitrogens with zero attached hydrogens (tertiary/aromatic N) is 4. The fraction of sp³-hybridized carbons (Fsp3) is 0.417. The molecule has 0 radical (unpaired) electrons. The molecule has 0 saturated heterocycles. The zero-order valence-electron chi connectivity index (χ0n) is 19.8. The van der Waals surface area contributed by atoms with Gasteiger partial charge in [-0.1, -0.05) is 19.6 Å². The van der Waals surface area contributed by atoms with E-state index in [2.05, 4.69) is 34.2 Å². The topological polar surface area (TPSA) is 79.1 Å². The molecule has 3 rings (SSSR count). The van der Waals surface area contributed by atoms with E-state index in [-0.39, 0.29) is 5.97 Å². The van der Waals surface area contributed by atoms with Crippen molar-refractivity contribution in [3.05, 3.63) is 53.7 Å². The molecule has 0 aliphatic rings. The second-order valence-corrected chi connectivity index (χ2v) is 14.6. The number of esters is 1. The van der Waals surface area contributed by atoms with Gasteiger partial charge in [-0.2, -0.15) is 0 Å². The van der Waals surface area contributed by atoms with Gasteiger partial charge in [0.2, 0.25) is 0 Å². The number of pyridine rings is 2. The summed E-state index contributed by atoms with van der Waals surface area (Å²) in [7, 11) is -1.15. The molecule has 0 atom stereocenters. The molecular weight excluding hydrogens is 420 g/mol. The minimum absolute atomic E-state index is 0.323. The van der Waals surface area contributed by atoms with E-state index in [1.807, 2.05) is 26.0 Å². The summed E-state index contributed by atoms with van der Waals surface area (Å²) in [4.78, 5) is 25.6. The van der Waals surface area contributed by atoms with Crippen molar-refractivity contribution in [2.24, 2.45) is 0 Å². The van der Waals surface area contributed by atoms with Crippen LogP contribution in [0.1, 0.15) is 28.7 Å². The van der Waals surface area contributed by atoms with Gasteiger partial charge in [0, 0.05) is 44.5 Å². The first-order valence-electron chi connectivity index (χ1n) is 10.9. The summed E-state index contributed by atoms with van der Waals surface area (Å²) in [5.41, 5.74) is 4.90. The van der Waals surface area contributed by atoms with Gasteiger partial charge in [-0.05, 0) is 50.6 Å². The largest absolute Gasteiger partial charge is 0.462 e. The fourth-order valence-electron chi connectivity index (χ4n) is 3.20. The lowest BCUT2D eigenvalue weighted by Gasteiger charge is -2.16. The van der Waals surface area contributed by atoms with Crippen LogP contribution in [0.5, 0.6) is 0 Å². The van der Waals surface area contributed by atoms with Crippen molar-refractivity contribution in [2.45, 2.75) is 53.2 Å². The molecule has 0 unspecified atom stereocenters. The van der Waals surface area contributed by atoms with E-state index in [1.165, 1.54) is 6.20 Å². The van der Waals surface area contributed by atoms with Gasteiger partial charge in [0.25, 0.3) is 0 Å². The molecule has 7 nitrogen and oxygen atoms in total. The van der Waals surface area contributed by atoms with Crippen LogP contribution in [0, 0.1) is 13.8 Å². The number of aromatic nitrogens is 4. The third kappa shape index (κ3) is 5.89. The lowest BCUT2D eigenvalue weighted by molar-refractivity contribution is 0.0526. The maximum Gasteiger partial charge on any atom is 0.339 e. The highest BCUT2D eigenvalue weighted by atomic mass is 28.3. The first-order valence-corrected chi connectivity index (χ1v) is 14.6. The maximum absolute atomic E-state index is 12.1. The molecule has 0 bridgehead atoms. The van der Waals surface area contributed by atoms with Crippen molar-refractivity contribution in [1.29, 1.82) is 0 Å². The molecule has 0 aliphatic carbocycles. The molecule has 0 amide bonds. The summed E-state index contributed by atoms with van der Waals surface area (Å²) < 4.78 is 13.2. The van der Waals surface area contributed by atoms with Crippen LogP contribution in [0.25, 0.3) is 22.6 Å². The standard InChI is InChI=1S/C24H32N4O3Si/c1-7-31-24(29)21-12-20(14-25-15-21)19-8-9-26-22(13-19)23-27-17(2)18(3)28(23)16-30-10-11-32(4,5)6/h8-9,12-15H,7,10-11,16H2,1-6H3. The van der Waals surface area contributed by atoms with Crippen LogP contribution in [0.4, 0.5) is 0 Å². The predicted octanol–water partition coefficient (Wildman–Crippen LogP) is 5.11. The summed E-state index contributed by atoms with van der Waals surface area (Å²) in [5.74, 6) is 0.387. The Kier molecular flexibility index (Phi) is 7.58. The summed E-state index contributed by atoms with van der Waals surface area (Å²) in [6.07, 6.45) is 4.99. The third-order valence-corrected chi connectivity index (χ3v) is 6.95. The Bertz CT molecular complexity index is 1090. The molecule has 3 aromatic rings. The zero-order valence-corrected chi connectivity index (χ0v) is 20.8. The van der Waals surface area contributed by atoms with Crippen molar-refractivity contribution < 1.29 is 14.3 Å². The molecule has 0 spiro atoms. The summed E-state index contributed by atoms with van der Waals surface area (Å²) in [6, 6.07) is 6.76. The van der Waals surface area contributed by atoms with Crippen LogP contribution in [-0.2, 0) is 16.2 Å². The average Bonchev–Trinajstić information content (AvgIpc) is 3.05. The summed E-state index contributed by atoms with van der Waals surface area (Å²) in [6.45, 7) is 14.4. The van der Waals surface area contributed by atoms with Gasteiger partial charge in [0.1, 0.15) is 12.4 Å². The monoisotopic (exact) mass is 452 g/mol. The molecule has 3 aromatic heterocycles. The molecule has 8 heteroatoms. The molecule has 0 fully saturated rings.